The van der Waals surface area contributed by atoms with E-state index in [1.54, 1.807) is 6.07 Å². The number of sulfonamides is 1. The van der Waals surface area contributed by atoms with Crippen LogP contribution in [0.5, 0.6) is 0 Å². The molecule has 5 nitrogen and oxygen atoms in total. The minimum Gasteiger partial charge on any atom is -0.319 e. The summed E-state index contributed by atoms with van der Waals surface area (Å²) in [6, 6.07) is 8.41. The molecule has 1 amide bonds. The Balaban J connectivity index is 2.27. The number of halogens is 3. The van der Waals surface area contributed by atoms with Crippen molar-refractivity contribution in [3.05, 3.63) is 57.3 Å². The number of benzene rings is 2. The van der Waals surface area contributed by atoms with Crippen LogP contribution in [-0.2, 0) is 10.0 Å². The molecule has 1 N–H and O–H groups in total. The first-order chi connectivity index (χ1) is 11.1. The van der Waals surface area contributed by atoms with Gasteiger partial charge in [-0.1, -0.05) is 27.5 Å². The van der Waals surface area contributed by atoms with Crippen molar-refractivity contribution in [2.24, 2.45) is 0 Å². The summed E-state index contributed by atoms with van der Waals surface area (Å²) in [5.41, 5.74) is 0.426. The Hall–Kier alpha value is -1.64. The number of nitrogens with one attached hydrogen (secondary N) is 1. The van der Waals surface area contributed by atoms with Gasteiger partial charge in [0.1, 0.15) is 5.82 Å². The predicted octanol–water partition coefficient (Wildman–Crippen LogP) is 3.89. The van der Waals surface area contributed by atoms with Crippen LogP contribution >= 0.6 is 27.5 Å². The fourth-order valence-electron chi connectivity index (χ4n) is 1.86. The van der Waals surface area contributed by atoms with Crippen LogP contribution in [0.1, 0.15) is 10.4 Å². The highest BCUT2D eigenvalue weighted by Gasteiger charge is 2.17. The lowest BCUT2D eigenvalue weighted by molar-refractivity contribution is 0.102. The molecule has 0 atom stereocenters. The molecule has 0 fully saturated rings. The molecule has 2 aromatic carbocycles. The van der Waals surface area contributed by atoms with Crippen LogP contribution < -0.4 is 9.62 Å². The monoisotopic (exact) mass is 434 g/mol. The molecular formula is C15H13BrClFN2O3S. The maximum absolute atomic E-state index is 13.8. The molecule has 2 rings (SSSR count). The van der Waals surface area contributed by atoms with Crippen molar-refractivity contribution < 1.29 is 17.6 Å². The molecule has 0 spiro atoms. The summed E-state index contributed by atoms with van der Waals surface area (Å²) >= 11 is 9.20. The van der Waals surface area contributed by atoms with Crippen LogP contribution in [0.4, 0.5) is 15.8 Å². The van der Waals surface area contributed by atoms with E-state index in [9.17, 15) is 17.6 Å². The molecular weight excluding hydrogens is 423 g/mol. The fourth-order valence-corrected chi connectivity index (χ4v) is 2.95. The zero-order chi connectivity index (χ0) is 18.1. The van der Waals surface area contributed by atoms with E-state index >= 15 is 0 Å². The van der Waals surface area contributed by atoms with Crippen molar-refractivity contribution in [1.29, 1.82) is 0 Å². The highest BCUT2D eigenvalue weighted by Crippen LogP contribution is 2.26. The van der Waals surface area contributed by atoms with E-state index in [0.717, 1.165) is 10.6 Å². The number of amides is 1. The Morgan fingerprint density at radius 3 is 2.46 bits per heavy atom. The summed E-state index contributed by atoms with van der Waals surface area (Å²) in [6.07, 6.45) is 1.05. The van der Waals surface area contributed by atoms with Crippen molar-refractivity contribution in [1.82, 2.24) is 0 Å². The maximum atomic E-state index is 13.8. The van der Waals surface area contributed by atoms with E-state index in [4.69, 9.17) is 11.6 Å². The predicted molar refractivity (Wildman–Crippen MR) is 96.8 cm³/mol. The van der Waals surface area contributed by atoms with Gasteiger partial charge in [-0.15, -0.1) is 0 Å². The van der Waals surface area contributed by atoms with Gasteiger partial charge in [0, 0.05) is 11.5 Å². The average Bonchev–Trinajstić information content (AvgIpc) is 2.48. The number of anilines is 2. The van der Waals surface area contributed by atoms with Crippen LogP contribution in [0.25, 0.3) is 0 Å². The fraction of sp³-hybridized carbons (Fsp3) is 0.133. The van der Waals surface area contributed by atoms with Gasteiger partial charge in [-0.05, 0) is 36.4 Å². The van der Waals surface area contributed by atoms with Gasteiger partial charge in [-0.3, -0.25) is 9.10 Å². The number of rotatable bonds is 4. The van der Waals surface area contributed by atoms with E-state index in [2.05, 4.69) is 21.2 Å². The Morgan fingerprint density at radius 2 is 1.92 bits per heavy atom. The smallest absolute Gasteiger partial charge is 0.257 e. The van der Waals surface area contributed by atoms with Gasteiger partial charge in [-0.25, -0.2) is 12.8 Å². The second-order valence-electron chi connectivity index (χ2n) is 4.97. The Kier molecular flexibility index (Phi) is 5.52. The molecule has 0 heterocycles. The molecule has 2 aromatic rings. The summed E-state index contributed by atoms with van der Waals surface area (Å²) in [7, 11) is -2.07. The van der Waals surface area contributed by atoms with Gasteiger partial charge in [0.25, 0.3) is 5.91 Å². The Labute approximate surface area is 152 Å². The highest BCUT2D eigenvalue weighted by atomic mass is 79.9. The summed E-state index contributed by atoms with van der Waals surface area (Å²) in [5, 5.41) is 2.48. The number of carbonyl (C=O) groups is 1. The number of hydrogen-bond donors (Lipinski definition) is 1. The second kappa shape index (κ2) is 7.08. The molecule has 0 aliphatic heterocycles. The maximum Gasteiger partial charge on any atom is 0.257 e. The topological polar surface area (TPSA) is 66.5 Å². The highest BCUT2D eigenvalue weighted by molar-refractivity contribution is 9.10. The number of hydrogen-bond acceptors (Lipinski definition) is 3. The van der Waals surface area contributed by atoms with E-state index in [0.29, 0.717) is 10.2 Å². The van der Waals surface area contributed by atoms with Gasteiger partial charge < -0.3 is 5.32 Å². The van der Waals surface area contributed by atoms with Crippen LogP contribution in [0.3, 0.4) is 0 Å². The van der Waals surface area contributed by atoms with Crippen LogP contribution in [-0.4, -0.2) is 27.6 Å². The first-order valence-corrected chi connectivity index (χ1v) is 9.61. The SMILES string of the molecule is CN(c1ccc(C(=O)Nc2ccc(Br)cc2F)c(Cl)c1)S(C)(=O)=O. The van der Waals surface area contributed by atoms with Crippen LogP contribution in [0.15, 0.2) is 40.9 Å². The van der Waals surface area contributed by atoms with E-state index in [-0.39, 0.29) is 16.3 Å². The lowest BCUT2D eigenvalue weighted by Crippen LogP contribution is -2.25. The number of nitrogens with zero attached hydrogens (tertiary/aromatic N) is 1. The van der Waals surface area contributed by atoms with Crippen molar-refractivity contribution in [3.8, 4) is 0 Å². The van der Waals surface area contributed by atoms with Crippen molar-refractivity contribution in [2.45, 2.75) is 0 Å². The van der Waals surface area contributed by atoms with Gasteiger partial charge in [-0.2, -0.15) is 0 Å². The molecule has 9 heteroatoms. The zero-order valence-corrected chi connectivity index (χ0v) is 15.8. The van der Waals surface area contributed by atoms with Gasteiger partial charge in [0.15, 0.2) is 0 Å². The van der Waals surface area contributed by atoms with Gasteiger partial charge >= 0.3 is 0 Å². The summed E-state index contributed by atoms with van der Waals surface area (Å²) in [5.74, 6) is -1.20. The molecule has 0 bridgehead atoms. The Morgan fingerprint density at radius 1 is 1.25 bits per heavy atom. The molecule has 0 saturated heterocycles. The molecule has 0 aliphatic carbocycles. The summed E-state index contributed by atoms with van der Waals surface area (Å²) < 4.78 is 38.4. The largest absolute Gasteiger partial charge is 0.319 e. The molecule has 0 unspecified atom stereocenters. The van der Waals surface area contributed by atoms with Crippen molar-refractivity contribution in [2.75, 3.05) is 22.9 Å². The van der Waals surface area contributed by atoms with E-state index in [1.807, 2.05) is 0 Å². The standard InChI is InChI=1S/C15H13BrClFN2O3S/c1-20(24(2,22)23)10-4-5-11(12(17)8-10)15(21)19-14-6-3-9(16)7-13(14)18/h3-8H,1-2H3,(H,19,21). The zero-order valence-electron chi connectivity index (χ0n) is 12.7. The first kappa shape index (κ1) is 18.7. The molecule has 0 aromatic heterocycles. The summed E-state index contributed by atoms with van der Waals surface area (Å²) in [6.45, 7) is 0. The third-order valence-electron chi connectivity index (χ3n) is 3.24. The van der Waals surface area contributed by atoms with Crippen LogP contribution in [0.2, 0.25) is 5.02 Å². The van der Waals surface area contributed by atoms with Crippen molar-refractivity contribution in [3.63, 3.8) is 0 Å². The molecule has 0 aliphatic rings. The second-order valence-corrected chi connectivity index (χ2v) is 8.31. The molecule has 128 valence electrons. The normalized spacial score (nSPS) is 11.2. The van der Waals surface area contributed by atoms with E-state index in [1.165, 1.54) is 37.4 Å². The average molecular weight is 436 g/mol. The van der Waals surface area contributed by atoms with Gasteiger partial charge in [0.2, 0.25) is 10.0 Å². The van der Waals surface area contributed by atoms with E-state index < -0.39 is 21.7 Å². The quantitative estimate of drug-likeness (QED) is 0.792. The van der Waals surface area contributed by atoms with Crippen molar-refractivity contribution >= 4 is 54.8 Å². The third kappa shape index (κ3) is 4.25. The summed E-state index contributed by atoms with van der Waals surface area (Å²) in [4.78, 5) is 12.2. The molecule has 0 saturated carbocycles. The van der Waals surface area contributed by atoms with Crippen LogP contribution in [0, 0.1) is 5.82 Å². The minimum absolute atomic E-state index is 0.0107. The first-order valence-electron chi connectivity index (χ1n) is 6.59. The van der Waals surface area contributed by atoms with Gasteiger partial charge in [0.05, 0.1) is 28.2 Å². The Bertz CT molecular complexity index is 906. The molecule has 24 heavy (non-hydrogen) atoms. The molecule has 0 radical (unpaired) electrons. The lowest BCUT2D eigenvalue weighted by Gasteiger charge is -2.17. The lowest BCUT2D eigenvalue weighted by atomic mass is 10.2. The number of carbonyl (C=O) groups excluding carboxylic acids is 1. The minimum atomic E-state index is -3.44. The third-order valence-corrected chi connectivity index (χ3v) is 5.25.